The minimum atomic E-state index is -0.776. The van der Waals surface area contributed by atoms with Gasteiger partial charge in [-0.05, 0) is 25.9 Å². The molecule has 0 aromatic carbocycles. The quantitative estimate of drug-likeness (QED) is 0.763. The normalized spacial score (nSPS) is 25.4. The van der Waals surface area contributed by atoms with E-state index >= 15 is 0 Å². The van der Waals surface area contributed by atoms with Crippen molar-refractivity contribution in [2.75, 3.05) is 46.4 Å². The molecule has 1 N–H and O–H groups in total. The zero-order chi connectivity index (χ0) is 14.4. The molecular formula is C15H28N2O3. The molecule has 2 rings (SSSR count). The van der Waals surface area contributed by atoms with Gasteiger partial charge in [0.25, 0.3) is 0 Å². The third kappa shape index (κ3) is 5.38. The van der Waals surface area contributed by atoms with Crippen LogP contribution < -0.4 is 0 Å². The number of hydrogen-bond donors (Lipinski definition) is 1. The first-order chi connectivity index (χ1) is 9.63. The number of carbonyl (C=O) groups is 1. The van der Waals surface area contributed by atoms with Crippen LogP contribution in [0.25, 0.3) is 0 Å². The van der Waals surface area contributed by atoms with Gasteiger partial charge < -0.3 is 9.84 Å². The molecule has 1 atom stereocenters. The van der Waals surface area contributed by atoms with Gasteiger partial charge in [0.05, 0.1) is 19.3 Å². The van der Waals surface area contributed by atoms with Crippen LogP contribution in [0.2, 0.25) is 0 Å². The van der Waals surface area contributed by atoms with E-state index in [0.29, 0.717) is 6.54 Å². The Bertz CT molecular complexity index is 305. The van der Waals surface area contributed by atoms with E-state index < -0.39 is 5.97 Å². The number of nitrogens with zero attached hydrogens (tertiary/aromatic N) is 2. The van der Waals surface area contributed by atoms with E-state index in [9.17, 15) is 4.79 Å². The number of carboxylic acids is 1. The van der Waals surface area contributed by atoms with Crippen LogP contribution in [0, 0.1) is 5.92 Å². The SMILES string of the molecule is CN(CC(=O)O)CC1CN(CCC2CCCC2)CCO1. The summed E-state index contributed by atoms with van der Waals surface area (Å²) < 4.78 is 5.76. The van der Waals surface area contributed by atoms with Crippen molar-refractivity contribution in [1.29, 1.82) is 0 Å². The van der Waals surface area contributed by atoms with Gasteiger partial charge in [0.2, 0.25) is 0 Å². The van der Waals surface area contributed by atoms with Crippen molar-refractivity contribution in [3.8, 4) is 0 Å². The lowest BCUT2D eigenvalue weighted by molar-refractivity contribution is -0.138. The van der Waals surface area contributed by atoms with E-state index in [0.717, 1.165) is 25.6 Å². The van der Waals surface area contributed by atoms with Gasteiger partial charge in [0, 0.05) is 19.6 Å². The molecule has 0 aromatic heterocycles. The van der Waals surface area contributed by atoms with Crippen molar-refractivity contribution in [1.82, 2.24) is 9.80 Å². The summed E-state index contributed by atoms with van der Waals surface area (Å²) in [7, 11) is 1.84. The minimum Gasteiger partial charge on any atom is -0.480 e. The van der Waals surface area contributed by atoms with Crippen molar-refractivity contribution in [3.05, 3.63) is 0 Å². The molecule has 5 heteroatoms. The molecule has 0 radical (unpaired) electrons. The zero-order valence-corrected chi connectivity index (χ0v) is 12.6. The Kier molecular flexibility index (Phi) is 6.26. The lowest BCUT2D eigenvalue weighted by Gasteiger charge is -2.35. The van der Waals surface area contributed by atoms with Gasteiger partial charge in [-0.1, -0.05) is 25.7 Å². The Labute approximate surface area is 121 Å². The van der Waals surface area contributed by atoms with Crippen molar-refractivity contribution >= 4 is 5.97 Å². The molecule has 1 aliphatic carbocycles. The Morgan fingerprint density at radius 1 is 1.40 bits per heavy atom. The van der Waals surface area contributed by atoms with Gasteiger partial charge in [-0.25, -0.2) is 0 Å². The Morgan fingerprint density at radius 2 is 2.15 bits per heavy atom. The maximum atomic E-state index is 10.7. The smallest absolute Gasteiger partial charge is 0.317 e. The second-order valence-corrected chi connectivity index (χ2v) is 6.32. The first-order valence-corrected chi connectivity index (χ1v) is 7.88. The average Bonchev–Trinajstić information content (AvgIpc) is 2.88. The van der Waals surface area contributed by atoms with Crippen LogP contribution in [0.5, 0.6) is 0 Å². The molecular weight excluding hydrogens is 256 g/mol. The fourth-order valence-electron chi connectivity index (χ4n) is 3.40. The Morgan fingerprint density at radius 3 is 2.85 bits per heavy atom. The summed E-state index contributed by atoms with van der Waals surface area (Å²) in [6, 6.07) is 0. The van der Waals surface area contributed by atoms with E-state index in [-0.39, 0.29) is 12.6 Å². The lowest BCUT2D eigenvalue weighted by Crippen LogP contribution is -2.47. The van der Waals surface area contributed by atoms with E-state index in [1.807, 2.05) is 11.9 Å². The fraction of sp³-hybridized carbons (Fsp3) is 0.933. The molecule has 1 saturated heterocycles. The van der Waals surface area contributed by atoms with E-state index in [2.05, 4.69) is 4.90 Å². The van der Waals surface area contributed by atoms with Gasteiger partial charge in [-0.15, -0.1) is 0 Å². The van der Waals surface area contributed by atoms with Crippen LogP contribution >= 0.6 is 0 Å². The highest BCUT2D eigenvalue weighted by molar-refractivity contribution is 5.68. The van der Waals surface area contributed by atoms with Gasteiger partial charge in [0.1, 0.15) is 0 Å². The molecule has 0 bridgehead atoms. The maximum Gasteiger partial charge on any atom is 0.317 e. The van der Waals surface area contributed by atoms with Crippen LogP contribution in [0.3, 0.4) is 0 Å². The summed E-state index contributed by atoms with van der Waals surface area (Å²) in [4.78, 5) is 15.0. The number of carboxylic acid groups (broad SMARTS) is 1. The lowest BCUT2D eigenvalue weighted by atomic mass is 10.0. The molecule has 2 fully saturated rings. The van der Waals surface area contributed by atoms with Crippen LogP contribution in [0.1, 0.15) is 32.1 Å². The van der Waals surface area contributed by atoms with Crippen LogP contribution in [0.15, 0.2) is 0 Å². The number of morpholine rings is 1. The first kappa shape index (κ1) is 15.7. The zero-order valence-electron chi connectivity index (χ0n) is 12.6. The summed E-state index contributed by atoms with van der Waals surface area (Å²) in [6.07, 6.45) is 7.12. The second kappa shape index (κ2) is 7.96. The van der Waals surface area contributed by atoms with Crippen LogP contribution in [-0.2, 0) is 9.53 Å². The van der Waals surface area contributed by atoms with E-state index in [1.165, 1.54) is 38.6 Å². The highest BCUT2D eigenvalue weighted by Crippen LogP contribution is 2.27. The fourth-order valence-corrected chi connectivity index (χ4v) is 3.40. The molecule has 116 valence electrons. The summed E-state index contributed by atoms with van der Waals surface area (Å²) >= 11 is 0. The number of likely N-dealkylation sites (N-methyl/N-ethyl adjacent to an activating group) is 1. The highest BCUT2D eigenvalue weighted by Gasteiger charge is 2.23. The Hall–Kier alpha value is -0.650. The number of ether oxygens (including phenoxy) is 1. The summed E-state index contributed by atoms with van der Waals surface area (Å²) in [5.74, 6) is 0.160. The molecule has 5 nitrogen and oxygen atoms in total. The van der Waals surface area contributed by atoms with Crippen molar-refractivity contribution in [2.45, 2.75) is 38.2 Å². The van der Waals surface area contributed by atoms with Crippen molar-refractivity contribution in [3.63, 3.8) is 0 Å². The van der Waals surface area contributed by atoms with Crippen LogP contribution in [0.4, 0.5) is 0 Å². The molecule has 1 saturated carbocycles. The highest BCUT2D eigenvalue weighted by atomic mass is 16.5. The number of aliphatic carboxylic acids is 1. The van der Waals surface area contributed by atoms with E-state index in [1.54, 1.807) is 0 Å². The topological polar surface area (TPSA) is 53.0 Å². The third-order valence-corrected chi connectivity index (χ3v) is 4.47. The molecule has 2 aliphatic rings. The average molecular weight is 284 g/mol. The molecule has 1 aliphatic heterocycles. The standard InChI is InChI=1S/C15H28N2O3/c1-16(12-15(18)19)10-14-11-17(8-9-20-14)7-6-13-4-2-3-5-13/h13-14H,2-12H2,1H3,(H,18,19). The molecule has 0 aromatic rings. The second-order valence-electron chi connectivity index (χ2n) is 6.32. The number of hydrogen-bond acceptors (Lipinski definition) is 4. The summed E-state index contributed by atoms with van der Waals surface area (Å²) in [5, 5.41) is 8.78. The van der Waals surface area contributed by atoms with Crippen LogP contribution in [-0.4, -0.2) is 73.4 Å². The molecule has 0 amide bonds. The predicted octanol–water partition coefficient (Wildman–Crippen LogP) is 1.28. The Balaban J connectivity index is 1.66. The van der Waals surface area contributed by atoms with Crippen molar-refractivity contribution < 1.29 is 14.6 Å². The van der Waals surface area contributed by atoms with Gasteiger partial charge >= 0.3 is 5.97 Å². The molecule has 20 heavy (non-hydrogen) atoms. The summed E-state index contributed by atoms with van der Waals surface area (Å²) in [6.45, 7) is 4.69. The van der Waals surface area contributed by atoms with Gasteiger partial charge in [0.15, 0.2) is 0 Å². The monoisotopic (exact) mass is 284 g/mol. The molecule has 0 spiro atoms. The van der Waals surface area contributed by atoms with E-state index in [4.69, 9.17) is 9.84 Å². The maximum absolute atomic E-state index is 10.7. The van der Waals surface area contributed by atoms with Gasteiger partial charge in [-0.2, -0.15) is 0 Å². The molecule has 1 heterocycles. The third-order valence-electron chi connectivity index (χ3n) is 4.47. The predicted molar refractivity (Wildman–Crippen MR) is 77.9 cm³/mol. The largest absolute Gasteiger partial charge is 0.480 e. The summed E-state index contributed by atoms with van der Waals surface area (Å²) in [5.41, 5.74) is 0. The molecule has 1 unspecified atom stereocenters. The minimum absolute atomic E-state index is 0.0853. The number of rotatable bonds is 7. The van der Waals surface area contributed by atoms with Crippen molar-refractivity contribution in [2.24, 2.45) is 5.92 Å². The van der Waals surface area contributed by atoms with Gasteiger partial charge in [-0.3, -0.25) is 14.6 Å². The first-order valence-electron chi connectivity index (χ1n) is 7.88.